The maximum absolute atomic E-state index is 13.6. The molecule has 1 atom stereocenters. The van der Waals surface area contributed by atoms with Crippen molar-refractivity contribution in [1.29, 1.82) is 0 Å². The normalized spacial score (nSPS) is 12.2. The van der Waals surface area contributed by atoms with Crippen molar-refractivity contribution in [3.8, 4) is 0 Å². The molecule has 2 aromatic rings. The number of hydrogen-bond donors (Lipinski definition) is 1. The number of hydrogen-bond acceptors (Lipinski definition) is 2. The van der Waals surface area contributed by atoms with E-state index in [1.807, 2.05) is 19.1 Å². The van der Waals surface area contributed by atoms with Crippen molar-refractivity contribution >= 4 is 17.5 Å². The Hall–Kier alpha value is -1.91. The smallest absolute Gasteiger partial charge is 0.234 e. The number of carbonyl (C=O) groups excluding carboxylic acids is 1. The summed E-state index contributed by atoms with van der Waals surface area (Å²) in [6.45, 7) is 2.50. The number of benzene rings is 2. The first-order chi connectivity index (χ1) is 11.0. The SMILES string of the molecule is CC(NC(=O)CN(C)Cc1ccccc1F)c1ccc(Cl)cc1. The van der Waals surface area contributed by atoms with Gasteiger partial charge in [-0.15, -0.1) is 0 Å². The molecule has 0 bridgehead atoms. The van der Waals surface area contributed by atoms with E-state index in [4.69, 9.17) is 11.6 Å². The van der Waals surface area contributed by atoms with Gasteiger partial charge in [0.25, 0.3) is 0 Å². The molecule has 0 saturated heterocycles. The summed E-state index contributed by atoms with van der Waals surface area (Å²) in [7, 11) is 1.79. The Bertz CT molecular complexity index is 660. The fourth-order valence-corrected chi connectivity index (χ4v) is 2.47. The Kier molecular flexibility index (Phi) is 6.13. The zero-order valence-corrected chi connectivity index (χ0v) is 14.0. The average molecular weight is 335 g/mol. The third-order valence-electron chi connectivity index (χ3n) is 3.56. The highest BCUT2D eigenvalue weighted by Crippen LogP contribution is 2.16. The van der Waals surface area contributed by atoms with E-state index in [-0.39, 0.29) is 24.3 Å². The molecule has 3 nitrogen and oxygen atoms in total. The van der Waals surface area contributed by atoms with Crippen molar-refractivity contribution in [3.63, 3.8) is 0 Å². The Morgan fingerprint density at radius 1 is 1.22 bits per heavy atom. The number of carbonyl (C=O) groups is 1. The fraction of sp³-hybridized carbons (Fsp3) is 0.278. The van der Waals surface area contributed by atoms with Crippen LogP contribution in [0.2, 0.25) is 5.02 Å². The highest BCUT2D eigenvalue weighted by Gasteiger charge is 2.13. The summed E-state index contributed by atoms with van der Waals surface area (Å²) in [4.78, 5) is 13.9. The van der Waals surface area contributed by atoms with E-state index in [2.05, 4.69) is 5.32 Å². The molecule has 0 fully saturated rings. The molecular formula is C18H20ClFN2O. The van der Waals surface area contributed by atoms with Crippen LogP contribution >= 0.6 is 11.6 Å². The molecule has 0 aliphatic heterocycles. The van der Waals surface area contributed by atoms with Crippen LogP contribution in [0.1, 0.15) is 24.1 Å². The van der Waals surface area contributed by atoms with Crippen LogP contribution in [0.15, 0.2) is 48.5 Å². The van der Waals surface area contributed by atoms with E-state index < -0.39 is 0 Å². The van der Waals surface area contributed by atoms with E-state index >= 15 is 0 Å². The molecule has 23 heavy (non-hydrogen) atoms. The van der Waals surface area contributed by atoms with Crippen LogP contribution in [0.4, 0.5) is 4.39 Å². The highest BCUT2D eigenvalue weighted by molar-refractivity contribution is 6.30. The van der Waals surface area contributed by atoms with Crippen molar-refractivity contribution in [2.75, 3.05) is 13.6 Å². The first-order valence-corrected chi connectivity index (χ1v) is 7.80. The minimum atomic E-state index is -0.255. The molecule has 1 amide bonds. The lowest BCUT2D eigenvalue weighted by molar-refractivity contribution is -0.122. The molecule has 0 radical (unpaired) electrons. The quantitative estimate of drug-likeness (QED) is 0.871. The first kappa shape index (κ1) is 17.4. The van der Waals surface area contributed by atoms with Crippen molar-refractivity contribution < 1.29 is 9.18 Å². The number of nitrogens with one attached hydrogen (secondary N) is 1. The maximum Gasteiger partial charge on any atom is 0.234 e. The molecule has 0 aliphatic rings. The molecule has 0 aliphatic carbocycles. The summed E-state index contributed by atoms with van der Waals surface area (Å²) < 4.78 is 13.6. The topological polar surface area (TPSA) is 32.3 Å². The van der Waals surface area contributed by atoms with Gasteiger partial charge in [-0.1, -0.05) is 41.9 Å². The predicted molar refractivity (Wildman–Crippen MR) is 90.7 cm³/mol. The van der Waals surface area contributed by atoms with Gasteiger partial charge in [-0.05, 0) is 37.7 Å². The van der Waals surface area contributed by atoms with Crippen LogP contribution in [-0.2, 0) is 11.3 Å². The van der Waals surface area contributed by atoms with E-state index in [9.17, 15) is 9.18 Å². The number of amides is 1. The molecule has 122 valence electrons. The van der Waals surface area contributed by atoms with Crippen molar-refractivity contribution in [2.24, 2.45) is 0 Å². The van der Waals surface area contributed by atoms with Gasteiger partial charge in [-0.2, -0.15) is 0 Å². The summed E-state index contributed by atoms with van der Waals surface area (Å²) >= 11 is 5.86. The lowest BCUT2D eigenvalue weighted by atomic mass is 10.1. The minimum absolute atomic E-state index is 0.105. The second-order valence-electron chi connectivity index (χ2n) is 5.60. The fourth-order valence-electron chi connectivity index (χ4n) is 2.34. The standard InChI is InChI=1S/C18H20ClFN2O/c1-13(14-7-9-16(19)10-8-14)21-18(23)12-22(2)11-15-5-3-4-6-17(15)20/h3-10,13H,11-12H2,1-2H3,(H,21,23). The van der Waals surface area contributed by atoms with Gasteiger partial charge in [0, 0.05) is 17.1 Å². The van der Waals surface area contributed by atoms with Crippen LogP contribution in [0.5, 0.6) is 0 Å². The second kappa shape index (κ2) is 8.09. The van der Waals surface area contributed by atoms with Crippen molar-refractivity contribution in [1.82, 2.24) is 10.2 Å². The Balaban J connectivity index is 1.86. The number of halogens is 2. The van der Waals surface area contributed by atoms with Gasteiger partial charge in [0.05, 0.1) is 12.6 Å². The monoisotopic (exact) mass is 334 g/mol. The molecule has 1 N–H and O–H groups in total. The largest absolute Gasteiger partial charge is 0.348 e. The predicted octanol–water partition coefficient (Wildman–Crippen LogP) is 3.79. The van der Waals surface area contributed by atoms with E-state index in [0.29, 0.717) is 17.1 Å². The van der Waals surface area contributed by atoms with Gasteiger partial charge in [0.2, 0.25) is 5.91 Å². The summed E-state index contributed by atoms with van der Waals surface area (Å²) in [5, 5.41) is 3.59. The molecule has 1 unspecified atom stereocenters. The minimum Gasteiger partial charge on any atom is -0.348 e. The Labute approximate surface area is 141 Å². The molecule has 2 rings (SSSR count). The van der Waals surface area contributed by atoms with Gasteiger partial charge in [-0.3, -0.25) is 9.69 Å². The van der Waals surface area contributed by atoms with Crippen molar-refractivity contribution in [3.05, 3.63) is 70.5 Å². The number of likely N-dealkylation sites (N-methyl/N-ethyl adjacent to an activating group) is 1. The zero-order valence-electron chi connectivity index (χ0n) is 13.2. The molecule has 5 heteroatoms. The van der Waals surface area contributed by atoms with Gasteiger partial charge in [0.1, 0.15) is 5.82 Å². The summed E-state index contributed by atoms with van der Waals surface area (Å²) in [5.74, 6) is -0.361. The van der Waals surface area contributed by atoms with Crippen molar-refractivity contribution in [2.45, 2.75) is 19.5 Å². The molecule has 0 aromatic heterocycles. The third-order valence-corrected chi connectivity index (χ3v) is 3.81. The highest BCUT2D eigenvalue weighted by atomic mass is 35.5. The lowest BCUT2D eigenvalue weighted by Gasteiger charge is -2.19. The van der Waals surface area contributed by atoms with Crippen LogP contribution in [0.3, 0.4) is 0 Å². The summed E-state index contributed by atoms with van der Waals surface area (Å²) in [6.07, 6.45) is 0. The van der Waals surface area contributed by atoms with E-state index in [0.717, 1.165) is 5.56 Å². The molecule has 0 heterocycles. The van der Waals surface area contributed by atoms with Crippen LogP contribution in [-0.4, -0.2) is 24.4 Å². The van der Waals surface area contributed by atoms with Crippen LogP contribution in [0.25, 0.3) is 0 Å². The van der Waals surface area contributed by atoms with E-state index in [1.54, 1.807) is 42.3 Å². The number of nitrogens with zero attached hydrogens (tertiary/aromatic N) is 1. The third kappa shape index (κ3) is 5.34. The first-order valence-electron chi connectivity index (χ1n) is 7.42. The summed E-state index contributed by atoms with van der Waals surface area (Å²) in [5.41, 5.74) is 1.56. The molecule has 0 spiro atoms. The average Bonchev–Trinajstić information content (AvgIpc) is 2.50. The maximum atomic E-state index is 13.6. The molecule has 2 aromatic carbocycles. The second-order valence-corrected chi connectivity index (χ2v) is 6.04. The van der Waals surface area contributed by atoms with Gasteiger partial charge >= 0.3 is 0 Å². The zero-order chi connectivity index (χ0) is 16.8. The van der Waals surface area contributed by atoms with E-state index in [1.165, 1.54) is 6.07 Å². The molecular weight excluding hydrogens is 315 g/mol. The van der Waals surface area contributed by atoms with Gasteiger partial charge < -0.3 is 5.32 Å². The Morgan fingerprint density at radius 2 is 1.87 bits per heavy atom. The Morgan fingerprint density at radius 3 is 2.52 bits per heavy atom. The van der Waals surface area contributed by atoms with Crippen LogP contribution < -0.4 is 5.32 Å². The van der Waals surface area contributed by atoms with Gasteiger partial charge in [-0.25, -0.2) is 4.39 Å². The van der Waals surface area contributed by atoms with Gasteiger partial charge in [0.15, 0.2) is 0 Å². The summed E-state index contributed by atoms with van der Waals surface area (Å²) in [6, 6.07) is 13.8. The molecule has 0 saturated carbocycles. The lowest BCUT2D eigenvalue weighted by Crippen LogP contribution is -2.36. The van der Waals surface area contributed by atoms with Crippen LogP contribution in [0, 0.1) is 5.82 Å². The number of rotatable bonds is 6.